The molecular weight excluding hydrogens is 176 g/mol. The summed E-state index contributed by atoms with van der Waals surface area (Å²) < 4.78 is 15.7. The molecule has 0 bridgehead atoms. The van der Waals surface area contributed by atoms with E-state index in [-0.39, 0.29) is 12.9 Å². The number of carboxylic acid groups (broad SMARTS) is 1. The second-order valence-corrected chi connectivity index (χ2v) is 3.82. The quantitative estimate of drug-likeness (QED) is 0.627. The number of rotatable bonds is 1. The molecule has 0 radical (unpaired) electrons. The molecule has 13 heavy (non-hydrogen) atoms. The molecule has 2 rings (SSSR count). The molecule has 5 heteroatoms. The van der Waals surface area contributed by atoms with Crippen LogP contribution < -0.4 is 0 Å². The second kappa shape index (κ2) is 2.67. The molecule has 0 aromatic heterocycles. The van der Waals surface area contributed by atoms with Gasteiger partial charge < -0.3 is 19.3 Å². The fourth-order valence-electron chi connectivity index (χ4n) is 1.87. The Morgan fingerprint density at radius 3 is 2.77 bits per heavy atom. The van der Waals surface area contributed by atoms with Crippen molar-refractivity contribution in [3.8, 4) is 0 Å². The average molecular weight is 188 g/mol. The maximum Gasteiger partial charge on any atom is 0.335 e. The minimum Gasteiger partial charge on any atom is -0.479 e. The topological polar surface area (TPSA) is 65.0 Å². The number of aliphatic carboxylic acids is 1. The van der Waals surface area contributed by atoms with Crippen molar-refractivity contribution in [3.63, 3.8) is 0 Å². The molecule has 3 unspecified atom stereocenters. The van der Waals surface area contributed by atoms with Gasteiger partial charge in [-0.05, 0) is 13.8 Å². The van der Waals surface area contributed by atoms with Crippen LogP contribution in [-0.2, 0) is 19.0 Å². The third-order valence-corrected chi connectivity index (χ3v) is 2.46. The van der Waals surface area contributed by atoms with Crippen LogP contribution in [0.5, 0.6) is 0 Å². The summed E-state index contributed by atoms with van der Waals surface area (Å²) in [6, 6.07) is 0. The summed E-state index contributed by atoms with van der Waals surface area (Å²) in [7, 11) is 0. The predicted octanol–water partition coefficient (Wildman–Crippen LogP) is -0.0101. The van der Waals surface area contributed by atoms with Crippen molar-refractivity contribution in [1.82, 2.24) is 0 Å². The summed E-state index contributed by atoms with van der Waals surface area (Å²) in [6.45, 7) is 3.77. The van der Waals surface area contributed by atoms with Crippen LogP contribution in [0.3, 0.4) is 0 Å². The summed E-state index contributed by atoms with van der Waals surface area (Å²) in [5, 5.41) is 8.83. The Kier molecular flexibility index (Phi) is 1.83. The van der Waals surface area contributed by atoms with Crippen LogP contribution in [0.1, 0.15) is 13.8 Å². The summed E-state index contributed by atoms with van der Waals surface area (Å²) >= 11 is 0. The predicted molar refractivity (Wildman–Crippen MR) is 41.2 cm³/mol. The second-order valence-electron chi connectivity index (χ2n) is 3.82. The molecule has 1 N–H and O–H groups in total. The van der Waals surface area contributed by atoms with E-state index in [1.54, 1.807) is 0 Å². The smallest absolute Gasteiger partial charge is 0.335 e. The van der Waals surface area contributed by atoms with Crippen LogP contribution >= 0.6 is 0 Å². The Bertz CT molecular complexity index is 237. The van der Waals surface area contributed by atoms with Crippen LogP contribution in [0.4, 0.5) is 0 Å². The highest BCUT2D eigenvalue weighted by molar-refractivity contribution is 5.74. The lowest BCUT2D eigenvalue weighted by molar-refractivity contribution is -0.164. The lowest BCUT2D eigenvalue weighted by atomic mass is 9.99. The van der Waals surface area contributed by atoms with Crippen LogP contribution in [0.25, 0.3) is 0 Å². The molecular formula is C8H12O5. The minimum atomic E-state index is -0.994. The van der Waals surface area contributed by atoms with Crippen molar-refractivity contribution >= 4 is 5.97 Å². The Morgan fingerprint density at radius 2 is 2.15 bits per heavy atom. The first-order valence-electron chi connectivity index (χ1n) is 4.16. The molecule has 3 atom stereocenters. The maximum atomic E-state index is 10.8. The van der Waals surface area contributed by atoms with Gasteiger partial charge in [0.1, 0.15) is 19.0 Å². The van der Waals surface area contributed by atoms with E-state index in [0.717, 1.165) is 0 Å². The zero-order valence-electron chi connectivity index (χ0n) is 7.52. The average Bonchev–Trinajstić information content (AvgIpc) is 2.53. The highest BCUT2D eigenvalue weighted by Gasteiger charge is 2.56. The van der Waals surface area contributed by atoms with Crippen molar-refractivity contribution in [1.29, 1.82) is 0 Å². The van der Waals surface area contributed by atoms with Gasteiger partial charge in [0.05, 0.1) is 5.60 Å². The highest BCUT2D eigenvalue weighted by atomic mass is 16.7. The Balaban J connectivity index is 2.23. The fourth-order valence-corrected chi connectivity index (χ4v) is 1.87. The fraction of sp³-hybridized carbons (Fsp3) is 0.875. The van der Waals surface area contributed by atoms with Gasteiger partial charge in [0.25, 0.3) is 0 Å². The summed E-state index contributed by atoms with van der Waals surface area (Å²) in [5.74, 6) is -0.994. The molecule has 2 heterocycles. The van der Waals surface area contributed by atoms with E-state index in [4.69, 9.17) is 19.3 Å². The van der Waals surface area contributed by atoms with E-state index in [1.807, 2.05) is 13.8 Å². The highest BCUT2D eigenvalue weighted by Crippen LogP contribution is 2.37. The van der Waals surface area contributed by atoms with Gasteiger partial charge in [0.2, 0.25) is 0 Å². The van der Waals surface area contributed by atoms with Crippen LogP contribution in [0.2, 0.25) is 0 Å². The standard InChI is InChI=1S/C8H12O5/c1-8(2)6-4(11-3-12-6)5(13-8)7(9)10/h4-6H,3H2,1-2H3,(H,9,10). The molecule has 0 spiro atoms. The maximum absolute atomic E-state index is 10.8. The molecule has 0 aromatic rings. The molecule has 2 saturated heterocycles. The van der Waals surface area contributed by atoms with Crippen LogP contribution in [0.15, 0.2) is 0 Å². The number of hydrogen-bond donors (Lipinski definition) is 1. The Hall–Kier alpha value is -0.650. The third-order valence-electron chi connectivity index (χ3n) is 2.46. The summed E-state index contributed by atoms with van der Waals surface area (Å²) in [6.07, 6.45) is -1.64. The van der Waals surface area contributed by atoms with E-state index >= 15 is 0 Å². The molecule has 0 aromatic carbocycles. The number of hydrogen-bond acceptors (Lipinski definition) is 4. The van der Waals surface area contributed by atoms with Gasteiger partial charge in [-0.3, -0.25) is 0 Å². The monoisotopic (exact) mass is 188 g/mol. The van der Waals surface area contributed by atoms with Gasteiger partial charge in [0, 0.05) is 0 Å². The Labute approximate surface area is 75.6 Å². The van der Waals surface area contributed by atoms with E-state index in [2.05, 4.69) is 0 Å². The third kappa shape index (κ3) is 1.23. The first-order chi connectivity index (χ1) is 6.02. The van der Waals surface area contributed by atoms with Crippen molar-refractivity contribution < 1.29 is 24.1 Å². The first kappa shape index (κ1) is 8.93. The molecule has 5 nitrogen and oxygen atoms in total. The number of carbonyl (C=O) groups is 1. The normalized spacial score (nSPS) is 41.8. The molecule has 74 valence electrons. The van der Waals surface area contributed by atoms with Gasteiger partial charge in [-0.2, -0.15) is 0 Å². The zero-order valence-corrected chi connectivity index (χ0v) is 7.52. The van der Waals surface area contributed by atoms with Crippen LogP contribution in [0, 0.1) is 0 Å². The van der Waals surface area contributed by atoms with Gasteiger partial charge >= 0.3 is 5.97 Å². The van der Waals surface area contributed by atoms with E-state index < -0.39 is 23.8 Å². The lowest BCUT2D eigenvalue weighted by Gasteiger charge is -2.22. The Morgan fingerprint density at radius 1 is 1.46 bits per heavy atom. The number of ether oxygens (including phenoxy) is 3. The van der Waals surface area contributed by atoms with Gasteiger partial charge in [0.15, 0.2) is 6.10 Å². The van der Waals surface area contributed by atoms with E-state index in [1.165, 1.54) is 0 Å². The number of fused-ring (bicyclic) bond motifs is 1. The zero-order chi connectivity index (χ0) is 9.64. The largest absolute Gasteiger partial charge is 0.479 e. The summed E-state index contributed by atoms with van der Waals surface area (Å²) in [4.78, 5) is 10.8. The molecule has 2 fully saturated rings. The molecule has 2 aliphatic rings. The van der Waals surface area contributed by atoms with Crippen molar-refractivity contribution in [2.75, 3.05) is 6.79 Å². The van der Waals surface area contributed by atoms with Crippen LogP contribution in [-0.4, -0.2) is 41.8 Å². The summed E-state index contributed by atoms with van der Waals surface area (Å²) in [5.41, 5.74) is -0.579. The molecule has 2 aliphatic heterocycles. The van der Waals surface area contributed by atoms with Gasteiger partial charge in [-0.1, -0.05) is 0 Å². The van der Waals surface area contributed by atoms with Crippen molar-refractivity contribution in [2.45, 2.75) is 37.8 Å². The van der Waals surface area contributed by atoms with Crippen molar-refractivity contribution in [2.24, 2.45) is 0 Å². The lowest BCUT2D eigenvalue weighted by Crippen LogP contribution is -2.36. The van der Waals surface area contributed by atoms with E-state index in [9.17, 15) is 4.79 Å². The number of carboxylic acids is 1. The SMILES string of the molecule is CC1(C)OC(C(=O)O)C2OCOC21. The molecule has 0 saturated carbocycles. The van der Waals surface area contributed by atoms with Gasteiger partial charge in [-0.25, -0.2) is 4.79 Å². The molecule has 0 amide bonds. The molecule has 0 aliphatic carbocycles. The van der Waals surface area contributed by atoms with E-state index in [0.29, 0.717) is 0 Å². The van der Waals surface area contributed by atoms with Crippen molar-refractivity contribution in [3.05, 3.63) is 0 Å². The van der Waals surface area contributed by atoms with Gasteiger partial charge in [-0.15, -0.1) is 0 Å². The first-order valence-corrected chi connectivity index (χ1v) is 4.16. The minimum absolute atomic E-state index is 0.159.